The maximum absolute atomic E-state index is 4.37. The van der Waals surface area contributed by atoms with Gasteiger partial charge in [-0.15, -0.1) is 0 Å². The van der Waals surface area contributed by atoms with Crippen LogP contribution in [0.3, 0.4) is 0 Å². The quantitative estimate of drug-likeness (QED) is 0.179. The number of fused-ring (bicyclic) bond motifs is 3. The van der Waals surface area contributed by atoms with E-state index >= 15 is 0 Å². The summed E-state index contributed by atoms with van der Waals surface area (Å²) >= 11 is 0. The third-order valence-electron chi connectivity index (χ3n) is 8.50. The predicted octanol–water partition coefficient (Wildman–Crippen LogP) is 14.2. The molecule has 0 aromatic heterocycles. The highest BCUT2D eigenvalue weighted by Gasteiger charge is 2.24. The highest BCUT2D eigenvalue weighted by Crippen LogP contribution is 2.47. The average molecular weight is 611 g/mol. The van der Waals surface area contributed by atoms with E-state index < -0.39 is 0 Å². The number of hydrogen-bond donors (Lipinski definition) is 0. The molecule has 0 amide bonds. The molecule has 2 bridgehead atoms. The number of rotatable bonds is 6. The summed E-state index contributed by atoms with van der Waals surface area (Å²) in [4.78, 5) is 0. The van der Waals surface area contributed by atoms with E-state index in [0.717, 1.165) is 28.7 Å². The molecule has 0 heteroatoms. The molecule has 0 spiro atoms. The van der Waals surface area contributed by atoms with Crippen molar-refractivity contribution in [3.8, 4) is 33.4 Å². The van der Waals surface area contributed by atoms with Crippen LogP contribution in [-0.4, -0.2) is 0 Å². The van der Waals surface area contributed by atoms with Gasteiger partial charge in [0.05, 0.1) is 0 Å². The minimum atomic E-state index is 0. The molecule has 0 saturated heterocycles. The summed E-state index contributed by atoms with van der Waals surface area (Å²) in [5.41, 5.74) is 14.4. The molecule has 0 heterocycles. The fraction of sp³-hybridized carbons (Fsp3) is 0.106. The smallest absolute Gasteiger partial charge is 0.00196 e. The summed E-state index contributed by atoms with van der Waals surface area (Å²) in [6, 6.07) is 37.0. The van der Waals surface area contributed by atoms with Gasteiger partial charge in [-0.3, -0.25) is 0 Å². The van der Waals surface area contributed by atoms with Crippen molar-refractivity contribution in [2.45, 2.75) is 35.1 Å². The van der Waals surface area contributed by atoms with Crippen LogP contribution in [0, 0.1) is 0 Å². The lowest BCUT2D eigenvalue weighted by Crippen LogP contribution is -2.01. The van der Waals surface area contributed by atoms with E-state index in [4.69, 9.17) is 0 Å². The van der Waals surface area contributed by atoms with Gasteiger partial charge >= 0.3 is 0 Å². The molecular formula is C47H46. The Bertz CT molecular complexity index is 2040. The Balaban J connectivity index is 0.00000123. The monoisotopic (exact) mass is 610 g/mol. The maximum Gasteiger partial charge on any atom is -0.00196 e. The minimum absolute atomic E-state index is 0. The molecule has 2 aliphatic carbocycles. The SMILES string of the molecule is C.C.C=Cc1c(-c2ccccc2)cc(C2=CC=CC3=CC=CC=C2C3)c(-c2ccc(-c3ccccc3)c3ccccc23)c1C=C.CC. The lowest BCUT2D eigenvalue weighted by Gasteiger charge is -2.24. The van der Waals surface area contributed by atoms with Gasteiger partial charge in [-0.05, 0) is 90.1 Å². The molecule has 0 fully saturated rings. The van der Waals surface area contributed by atoms with Gasteiger partial charge in [0.15, 0.2) is 0 Å². The maximum atomic E-state index is 4.37. The second-order valence-electron chi connectivity index (χ2n) is 11.0. The van der Waals surface area contributed by atoms with Crippen LogP contribution in [0.1, 0.15) is 51.8 Å². The van der Waals surface area contributed by atoms with Crippen molar-refractivity contribution in [1.82, 2.24) is 0 Å². The first-order chi connectivity index (χ1) is 22.3. The molecule has 0 saturated carbocycles. The van der Waals surface area contributed by atoms with Gasteiger partial charge in [-0.2, -0.15) is 0 Å². The molecular weight excluding hydrogens is 565 g/mol. The molecule has 0 atom stereocenters. The average Bonchev–Trinajstić information content (AvgIpc) is 3.48. The van der Waals surface area contributed by atoms with Crippen LogP contribution in [0.2, 0.25) is 0 Å². The predicted molar refractivity (Wildman–Crippen MR) is 212 cm³/mol. The van der Waals surface area contributed by atoms with E-state index in [2.05, 4.69) is 159 Å². The zero-order valence-electron chi connectivity index (χ0n) is 26.1. The topological polar surface area (TPSA) is 0 Å². The lowest BCUT2D eigenvalue weighted by atomic mass is 9.79. The lowest BCUT2D eigenvalue weighted by molar-refractivity contribution is 1.23. The zero-order valence-corrected chi connectivity index (χ0v) is 26.1. The summed E-state index contributed by atoms with van der Waals surface area (Å²) in [5, 5.41) is 2.45. The number of allylic oxidation sites excluding steroid dienone is 10. The highest BCUT2D eigenvalue weighted by molar-refractivity contribution is 6.09. The normalized spacial score (nSPS) is 12.9. The van der Waals surface area contributed by atoms with Gasteiger partial charge in [-0.25, -0.2) is 0 Å². The third-order valence-corrected chi connectivity index (χ3v) is 8.50. The van der Waals surface area contributed by atoms with Gasteiger partial charge in [0.1, 0.15) is 0 Å². The first kappa shape index (κ1) is 34.4. The van der Waals surface area contributed by atoms with Gasteiger partial charge in [0.25, 0.3) is 0 Å². The van der Waals surface area contributed by atoms with E-state index in [1.54, 1.807) is 0 Å². The number of benzene rings is 5. The molecule has 0 unspecified atom stereocenters. The van der Waals surface area contributed by atoms with Gasteiger partial charge in [-0.1, -0.05) is 194 Å². The van der Waals surface area contributed by atoms with Crippen LogP contribution < -0.4 is 0 Å². The van der Waals surface area contributed by atoms with Crippen molar-refractivity contribution in [3.63, 3.8) is 0 Å². The van der Waals surface area contributed by atoms with Crippen molar-refractivity contribution < 1.29 is 0 Å². The highest BCUT2D eigenvalue weighted by atomic mass is 14.3. The summed E-state index contributed by atoms with van der Waals surface area (Å²) < 4.78 is 0. The van der Waals surface area contributed by atoms with Crippen LogP contribution in [-0.2, 0) is 0 Å². The van der Waals surface area contributed by atoms with Gasteiger partial charge < -0.3 is 0 Å². The van der Waals surface area contributed by atoms with E-state index in [0.29, 0.717) is 0 Å². The molecule has 2 aliphatic rings. The Labute approximate surface area is 282 Å². The number of hydrogen-bond acceptors (Lipinski definition) is 0. The van der Waals surface area contributed by atoms with Gasteiger partial charge in [0.2, 0.25) is 0 Å². The van der Waals surface area contributed by atoms with Crippen molar-refractivity contribution in [2.24, 2.45) is 0 Å². The molecule has 0 aliphatic heterocycles. The zero-order chi connectivity index (χ0) is 31.2. The Kier molecular flexibility index (Phi) is 11.5. The van der Waals surface area contributed by atoms with Crippen molar-refractivity contribution in [2.75, 3.05) is 0 Å². The van der Waals surface area contributed by atoms with E-state index in [-0.39, 0.29) is 14.9 Å². The fourth-order valence-electron chi connectivity index (χ4n) is 6.52. The van der Waals surface area contributed by atoms with Crippen LogP contribution in [0.4, 0.5) is 0 Å². The first-order valence-corrected chi connectivity index (χ1v) is 15.8. The van der Waals surface area contributed by atoms with Crippen molar-refractivity contribution >= 4 is 28.5 Å². The van der Waals surface area contributed by atoms with E-state index in [9.17, 15) is 0 Å². The van der Waals surface area contributed by atoms with Crippen molar-refractivity contribution in [1.29, 1.82) is 0 Å². The molecule has 0 radical (unpaired) electrons. The third kappa shape index (κ3) is 6.60. The van der Waals surface area contributed by atoms with Crippen LogP contribution >= 0.6 is 0 Å². The molecule has 0 nitrogen and oxygen atoms in total. The Morgan fingerprint density at radius 3 is 1.72 bits per heavy atom. The van der Waals surface area contributed by atoms with Crippen LogP contribution in [0.15, 0.2) is 170 Å². The summed E-state index contributed by atoms with van der Waals surface area (Å²) in [5.74, 6) is 0. The Morgan fingerprint density at radius 1 is 0.532 bits per heavy atom. The summed E-state index contributed by atoms with van der Waals surface area (Å²) in [6.45, 7) is 12.7. The molecule has 5 aromatic carbocycles. The van der Waals surface area contributed by atoms with Gasteiger partial charge in [0, 0.05) is 0 Å². The minimum Gasteiger partial charge on any atom is -0.0984 e. The largest absolute Gasteiger partial charge is 0.0984 e. The second-order valence-corrected chi connectivity index (χ2v) is 11.0. The van der Waals surface area contributed by atoms with Crippen molar-refractivity contribution in [3.05, 3.63) is 187 Å². The first-order valence-electron chi connectivity index (χ1n) is 15.8. The molecule has 0 N–H and O–H groups in total. The molecule has 5 aromatic rings. The molecule has 47 heavy (non-hydrogen) atoms. The fourth-order valence-corrected chi connectivity index (χ4v) is 6.52. The van der Waals surface area contributed by atoms with E-state index in [1.165, 1.54) is 55.3 Å². The van der Waals surface area contributed by atoms with Crippen LogP contribution in [0.25, 0.3) is 61.9 Å². The molecule has 7 rings (SSSR count). The summed E-state index contributed by atoms with van der Waals surface area (Å²) in [7, 11) is 0. The van der Waals surface area contributed by atoms with Crippen LogP contribution in [0.5, 0.6) is 0 Å². The van der Waals surface area contributed by atoms with E-state index in [1.807, 2.05) is 26.0 Å². The second kappa shape index (κ2) is 15.7. The summed E-state index contributed by atoms with van der Waals surface area (Å²) in [6.07, 6.45) is 20.4. The Hall–Kier alpha value is -5.46. The molecule has 234 valence electrons. The standard InChI is InChI=1S/C43H32.C2H6.2CH4/c1-3-34-35(4-2)43(40-27-26-37(31-18-7-5-8-19-31)38-23-13-14-24-39(38)40)42(29-41(34)32-20-9-6-10-21-32)36-25-15-17-30-16-11-12-22-33(36)28-30;1-2;;/h3-27,29H,1-2,28H2;1-2H3;2*1H4. The Morgan fingerprint density at radius 2 is 1.09 bits per heavy atom.